The van der Waals surface area contributed by atoms with E-state index in [4.69, 9.17) is 10.9 Å². The molecule has 0 radical (unpaired) electrons. The average molecular weight is 599 g/mol. The first-order valence-corrected chi connectivity index (χ1v) is 16.2. The molecule has 7 N–H and O–H groups in total. The second-order valence-corrected chi connectivity index (χ2v) is 11.3. The van der Waals surface area contributed by atoms with Crippen molar-refractivity contribution >= 4 is 30.0 Å². The summed E-state index contributed by atoms with van der Waals surface area (Å²) < 4.78 is 0. The van der Waals surface area contributed by atoms with E-state index in [9.17, 15) is 29.1 Å². The van der Waals surface area contributed by atoms with Crippen molar-refractivity contribution in [2.45, 2.75) is 160 Å². The van der Waals surface area contributed by atoms with Crippen LogP contribution in [0, 0.1) is 0 Å². The van der Waals surface area contributed by atoms with Crippen LogP contribution in [0.4, 0.5) is 0 Å². The number of amides is 2. The lowest BCUT2D eigenvalue weighted by molar-refractivity contribution is -0.142. The van der Waals surface area contributed by atoms with Gasteiger partial charge in [-0.05, 0) is 38.5 Å². The summed E-state index contributed by atoms with van der Waals surface area (Å²) >= 11 is 0. The van der Waals surface area contributed by atoms with E-state index in [1.54, 1.807) is 0 Å². The summed E-state index contributed by atoms with van der Waals surface area (Å²) in [4.78, 5) is 56.9. The summed E-state index contributed by atoms with van der Waals surface area (Å²) in [6.45, 7) is 0.353. The Balaban J connectivity index is 3.69. The van der Waals surface area contributed by atoms with Crippen molar-refractivity contribution < 1.29 is 34.2 Å². The van der Waals surface area contributed by atoms with E-state index in [0.29, 0.717) is 32.2 Å². The van der Waals surface area contributed by atoms with Crippen LogP contribution in [0.5, 0.6) is 0 Å². The highest BCUT2D eigenvalue weighted by molar-refractivity contribution is 5.84. The number of hydrazine groups is 1. The number of aliphatic carboxylic acids is 2. The summed E-state index contributed by atoms with van der Waals surface area (Å²) in [6, 6.07) is -1.93. The van der Waals surface area contributed by atoms with Crippen molar-refractivity contribution in [2.75, 3.05) is 6.54 Å². The third kappa shape index (κ3) is 25.2. The fraction of sp³-hybridized carbons (Fsp3) is 0.839. The lowest BCUT2D eigenvalue weighted by Crippen LogP contribution is -2.41. The molecule has 42 heavy (non-hydrogen) atoms. The normalized spacial score (nSPS) is 12.4. The smallest absolute Gasteiger partial charge is 0.326 e. The number of aldehydes is 1. The number of nitrogens with two attached hydrogens (primary N) is 1. The Bertz CT molecular complexity index is 736. The first kappa shape index (κ1) is 39.5. The number of nitrogens with one attached hydrogen (secondary N) is 3. The van der Waals surface area contributed by atoms with Crippen LogP contribution in [0.15, 0.2) is 0 Å². The minimum Gasteiger partial charge on any atom is -0.480 e. The van der Waals surface area contributed by atoms with Crippen LogP contribution >= 0.6 is 0 Å². The highest BCUT2D eigenvalue weighted by Gasteiger charge is 2.21. The second-order valence-electron chi connectivity index (χ2n) is 11.3. The van der Waals surface area contributed by atoms with Crippen LogP contribution < -0.4 is 21.9 Å². The van der Waals surface area contributed by atoms with Crippen LogP contribution in [0.3, 0.4) is 0 Å². The highest BCUT2D eigenvalue weighted by atomic mass is 16.4. The first-order chi connectivity index (χ1) is 20.3. The maximum atomic E-state index is 12.2. The summed E-state index contributed by atoms with van der Waals surface area (Å²) in [7, 11) is 0. The van der Waals surface area contributed by atoms with Crippen molar-refractivity contribution in [3.63, 3.8) is 0 Å². The fourth-order valence-electron chi connectivity index (χ4n) is 4.86. The fourth-order valence-corrected chi connectivity index (χ4v) is 4.86. The Hall–Kier alpha value is -2.53. The molecular formula is C31H58N4O7. The van der Waals surface area contributed by atoms with Crippen LogP contribution in [0.2, 0.25) is 0 Å². The molecule has 2 atom stereocenters. The Labute approximate surface area is 252 Å². The average Bonchev–Trinajstić information content (AvgIpc) is 2.96. The van der Waals surface area contributed by atoms with Crippen molar-refractivity contribution in [1.82, 2.24) is 16.1 Å². The molecule has 244 valence electrons. The molecule has 0 spiro atoms. The molecule has 2 unspecified atom stereocenters. The van der Waals surface area contributed by atoms with E-state index in [2.05, 4.69) is 16.1 Å². The van der Waals surface area contributed by atoms with E-state index < -0.39 is 24.0 Å². The molecule has 11 nitrogen and oxygen atoms in total. The SMILES string of the molecule is NNC(CCCCNC(=O)CCC(NC(=O)CCCCCCCCCCCCCCCCCCC=O)C(=O)O)C(=O)O. The van der Waals surface area contributed by atoms with Gasteiger partial charge >= 0.3 is 11.9 Å². The number of hydrogen-bond donors (Lipinski definition) is 6. The minimum absolute atomic E-state index is 0.00844. The number of hydrogen-bond acceptors (Lipinski definition) is 7. The molecule has 0 heterocycles. The van der Waals surface area contributed by atoms with E-state index >= 15 is 0 Å². The topological polar surface area (TPSA) is 188 Å². The predicted octanol–water partition coefficient (Wildman–Crippen LogP) is 4.76. The van der Waals surface area contributed by atoms with Gasteiger partial charge in [-0.1, -0.05) is 89.9 Å². The van der Waals surface area contributed by atoms with Crippen molar-refractivity contribution in [2.24, 2.45) is 5.84 Å². The van der Waals surface area contributed by atoms with E-state index in [0.717, 1.165) is 38.4 Å². The third-order valence-electron chi connectivity index (χ3n) is 7.51. The highest BCUT2D eigenvalue weighted by Crippen LogP contribution is 2.14. The number of carbonyl (C=O) groups excluding carboxylic acids is 3. The van der Waals surface area contributed by atoms with Gasteiger partial charge < -0.3 is 25.6 Å². The zero-order valence-corrected chi connectivity index (χ0v) is 25.7. The molecule has 0 rings (SSSR count). The molecule has 11 heteroatoms. The molecule has 0 saturated heterocycles. The number of carboxylic acids is 2. The Morgan fingerprint density at radius 1 is 0.571 bits per heavy atom. The second kappa shape index (κ2) is 28.6. The zero-order valence-electron chi connectivity index (χ0n) is 25.7. The molecule has 0 aromatic rings. The maximum absolute atomic E-state index is 12.2. The first-order valence-electron chi connectivity index (χ1n) is 16.2. The Morgan fingerprint density at radius 3 is 1.50 bits per heavy atom. The third-order valence-corrected chi connectivity index (χ3v) is 7.51. The predicted molar refractivity (Wildman–Crippen MR) is 164 cm³/mol. The molecule has 0 fully saturated rings. The summed E-state index contributed by atoms with van der Waals surface area (Å²) in [6.07, 6.45) is 22.4. The Morgan fingerprint density at radius 2 is 1.05 bits per heavy atom. The number of carboxylic acid groups (broad SMARTS) is 2. The summed E-state index contributed by atoms with van der Waals surface area (Å²) in [5.74, 6) is 2.37. The lowest BCUT2D eigenvalue weighted by atomic mass is 10.0. The van der Waals surface area contributed by atoms with Gasteiger partial charge in [-0.25, -0.2) is 10.2 Å². The van der Waals surface area contributed by atoms with Crippen molar-refractivity contribution in [3.8, 4) is 0 Å². The molecule has 0 aromatic heterocycles. The van der Waals surface area contributed by atoms with Gasteiger partial charge in [0, 0.05) is 25.8 Å². The minimum atomic E-state index is -1.16. The molecule has 0 saturated carbocycles. The molecule has 0 aromatic carbocycles. The van der Waals surface area contributed by atoms with Gasteiger partial charge in [-0.2, -0.15) is 0 Å². The van der Waals surface area contributed by atoms with Gasteiger partial charge in [0.2, 0.25) is 11.8 Å². The largest absolute Gasteiger partial charge is 0.480 e. The molecule has 0 bridgehead atoms. The van der Waals surface area contributed by atoms with Gasteiger partial charge in [0.15, 0.2) is 0 Å². The van der Waals surface area contributed by atoms with Crippen LogP contribution in [-0.2, 0) is 24.0 Å². The zero-order chi connectivity index (χ0) is 31.3. The van der Waals surface area contributed by atoms with Crippen molar-refractivity contribution in [3.05, 3.63) is 0 Å². The number of carbonyl (C=O) groups is 5. The van der Waals surface area contributed by atoms with E-state index in [-0.39, 0.29) is 31.1 Å². The van der Waals surface area contributed by atoms with Gasteiger partial charge in [-0.15, -0.1) is 0 Å². The lowest BCUT2D eigenvalue weighted by Gasteiger charge is -2.14. The standard InChI is InChI=1S/C31H58N4O7/c32-35-27(31(41)42)20-17-18-24-33-28(37)23-22-26(30(39)40)34-29(38)21-16-14-12-10-8-6-4-2-1-3-5-7-9-11-13-15-19-25-36/h25-27,35H,1-24,32H2,(H,33,37)(H,34,38)(H,39,40)(H,41,42). The molecule has 0 aliphatic carbocycles. The molecule has 0 aliphatic rings. The van der Waals surface area contributed by atoms with E-state index in [1.807, 2.05) is 0 Å². The van der Waals surface area contributed by atoms with Gasteiger partial charge in [0.1, 0.15) is 18.4 Å². The summed E-state index contributed by atoms with van der Waals surface area (Å²) in [5.41, 5.74) is 2.22. The van der Waals surface area contributed by atoms with Gasteiger partial charge in [0.05, 0.1) is 0 Å². The van der Waals surface area contributed by atoms with Crippen LogP contribution in [-0.4, -0.2) is 58.9 Å². The van der Waals surface area contributed by atoms with Gasteiger partial charge in [0.25, 0.3) is 0 Å². The Kier molecular flexibility index (Phi) is 26.9. The van der Waals surface area contributed by atoms with Crippen LogP contribution in [0.1, 0.15) is 148 Å². The molecule has 0 aliphatic heterocycles. The van der Waals surface area contributed by atoms with E-state index in [1.165, 1.54) is 70.6 Å². The van der Waals surface area contributed by atoms with Gasteiger partial charge in [-0.3, -0.25) is 20.2 Å². The van der Waals surface area contributed by atoms with Crippen LogP contribution in [0.25, 0.3) is 0 Å². The quantitative estimate of drug-likeness (QED) is 0.0283. The number of rotatable bonds is 31. The molecular weight excluding hydrogens is 540 g/mol. The van der Waals surface area contributed by atoms with Crippen molar-refractivity contribution in [1.29, 1.82) is 0 Å². The molecule has 2 amide bonds. The summed E-state index contributed by atoms with van der Waals surface area (Å²) in [5, 5.41) is 23.5. The number of unbranched alkanes of at least 4 members (excludes halogenated alkanes) is 17. The maximum Gasteiger partial charge on any atom is 0.326 e. The monoisotopic (exact) mass is 598 g/mol.